The van der Waals surface area contributed by atoms with Gasteiger partial charge in [0, 0.05) is 19.4 Å². The molecule has 0 amide bonds. The zero-order chi connectivity index (χ0) is 17.1. The summed E-state index contributed by atoms with van der Waals surface area (Å²) in [5.74, 6) is 0.675. The number of nitrogens with zero attached hydrogens (tertiary/aromatic N) is 4. The molecule has 0 aliphatic carbocycles. The first-order valence-corrected chi connectivity index (χ1v) is 8.53. The van der Waals surface area contributed by atoms with Crippen molar-refractivity contribution >= 4 is 43.3 Å². The maximum Gasteiger partial charge on any atom is 0.275 e. The molecule has 0 bridgehead atoms. The molecule has 24 heavy (non-hydrogen) atoms. The lowest BCUT2D eigenvalue weighted by atomic mass is 10.3. The van der Waals surface area contributed by atoms with Gasteiger partial charge in [-0.1, -0.05) is 13.0 Å². The summed E-state index contributed by atoms with van der Waals surface area (Å²) in [6.45, 7) is 5.13. The molecule has 3 aromatic heterocycles. The lowest BCUT2D eigenvalue weighted by molar-refractivity contribution is 0.210. The van der Waals surface area contributed by atoms with E-state index in [1.165, 1.54) is 17.7 Å². The topological polar surface area (TPSA) is 81.9 Å². The molecule has 7 nitrogen and oxygen atoms in total. The van der Waals surface area contributed by atoms with E-state index in [0.29, 0.717) is 29.2 Å². The molecular formula is C16H19N5O2S. The second kappa shape index (κ2) is 7.06. The predicted octanol–water partition coefficient (Wildman–Crippen LogP) is 2.73. The minimum atomic E-state index is -0.0759. The third kappa shape index (κ3) is 2.90. The van der Waals surface area contributed by atoms with E-state index in [2.05, 4.69) is 20.3 Å². The number of hydrogen-bond acceptors (Lipinski definition) is 7. The zero-order valence-corrected chi connectivity index (χ0v) is 14.7. The van der Waals surface area contributed by atoms with Crippen LogP contribution in [0.25, 0.3) is 26.1 Å². The van der Waals surface area contributed by atoms with Gasteiger partial charge in [0.05, 0.1) is 12.0 Å². The van der Waals surface area contributed by atoms with E-state index < -0.39 is 0 Å². The molecule has 0 aromatic carbocycles. The van der Waals surface area contributed by atoms with Crippen molar-refractivity contribution < 1.29 is 4.74 Å². The van der Waals surface area contributed by atoms with Gasteiger partial charge in [-0.3, -0.25) is 9.36 Å². The molecule has 0 unspecified atom stereocenters. The Morgan fingerprint density at radius 1 is 1.42 bits per heavy atom. The third-order valence-corrected chi connectivity index (χ3v) is 4.73. The summed E-state index contributed by atoms with van der Waals surface area (Å²) in [4.78, 5) is 26.6. The van der Waals surface area contributed by atoms with E-state index in [4.69, 9.17) is 4.74 Å². The molecule has 126 valence electrons. The fourth-order valence-corrected chi connectivity index (χ4v) is 3.54. The molecule has 8 heteroatoms. The molecule has 3 rings (SSSR count). The summed E-state index contributed by atoms with van der Waals surface area (Å²) in [5, 5.41) is 4.00. The van der Waals surface area contributed by atoms with Crippen LogP contribution >= 0.6 is 11.3 Å². The predicted molar refractivity (Wildman–Crippen MR) is 97.6 cm³/mol. The van der Waals surface area contributed by atoms with Gasteiger partial charge in [-0.15, -0.1) is 11.3 Å². The molecule has 0 saturated carbocycles. The van der Waals surface area contributed by atoms with E-state index in [9.17, 15) is 4.79 Å². The van der Waals surface area contributed by atoms with Gasteiger partial charge in [-0.05, 0) is 13.3 Å². The largest absolute Gasteiger partial charge is 0.383 e. The fourth-order valence-electron chi connectivity index (χ4n) is 2.51. The van der Waals surface area contributed by atoms with Crippen molar-refractivity contribution in [3.05, 3.63) is 29.1 Å². The Kier molecular flexibility index (Phi) is 4.86. The summed E-state index contributed by atoms with van der Waals surface area (Å²) in [5.41, 5.74) is 1.44. The van der Waals surface area contributed by atoms with Crippen LogP contribution in [0, 0.1) is 0 Å². The summed E-state index contributed by atoms with van der Waals surface area (Å²) >= 11 is 1.35. The number of hydrogen-bond donors (Lipinski definition) is 1. The highest BCUT2D eigenvalue weighted by Gasteiger charge is 2.16. The highest BCUT2D eigenvalue weighted by Crippen LogP contribution is 2.32. The van der Waals surface area contributed by atoms with Crippen LogP contribution in [-0.4, -0.2) is 39.8 Å². The Morgan fingerprint density at radius 3 is 3.00 bits per heavy atom. The third-order valence-electron chi connectivity index (χ3n) is 3.66. The van der Waals surface area contributed by atoms with Crippen molar-refractivity contribution in [1.29, 1.82) is 0 Å². The van der Waals surface area contributed by atoms with Crippen LogP contribution in [0.5, 0.6) is 0 Å². The quantitative estimate of drug-likeness (QED) is 0.692. The van der Waals surface area contributed by atoms with E-state index in [1.807, 2.05) is 19.9 Å². The Bertz CT molecular complexity index is 960. The van der Waals surface area contributed by atoms with Crippen molar-refractivity contribution in [2.75, 3.05) is 25.6 Å². The average molecular weight is 345 g/mol. The van der Waals surface area contributed by atoms with Gasteiger partial charge in [-0.25, -0.2) is 15.0 Å². The Morgan fingerprint density at radius 2 is 2.25 bits per heavy atom. The molecule has 0 radical (unpaired) electrons. The first-order valence-electron chi connectivity index (χ1n) is 7.72. The van der Waals surface area contributed by atoms with Crippen LogP contribution < -0.4 is 10.9 Å². The van der Waals surface area contributed by atoms with Crippen LogP contribution in [0.1, 0.15) is 20.3 Å². The first-order chi connectivity index (χ1) is 11.7. The van der Waals surface area contributed by atoms with Crippen molar-refractivity contribution in [3.63, 3.8) is 0 Å². The van der Waals surface area contributed by atoms with Crippen molar-refractivity contribution in [2.45, 2.75) is 20.3 Å². The van der Waals surface area contributed by atoms with E-state index in [-0.39, 0.29) is 5.56 Å². The number of methoxy groups -OCH3 is 1. The summed E-state index contributed by atoms with van der Waals surface area (Å²) in [6, 6.07) is 0. The number of allylic oxidation sites excluding steroid dienone is 2. The number of aromatic nitrogens is 4. The molecular weight excluding hydrogens is 326 g/mol. The van der Waals surface area contributed by atoms with Gasteiger partial charge < -0.3 is 10.1 Å². The average Bonchev–Trinajstić information content (AvgIpc) is 2.96. The lowest BCUT2D eigenvalue weighted by Gasteiger charge is -2.06. The van der Waals surface area contributed by atoms with Gasteiger partial charge in [0.25, 0.3) is 5.56 Å². The molecule has 0 aliphatic rings. The maximum absolute atomic E-state index is 12.8. The zero-order valence-electron chi connectivity index (χ0n) is 13.9. The van der Waals surface area contributed by atoms with Crippen molar-refractivity contribution in [1.82, 2.24) is 19.5 Å². The standard InChI is InChI=1S/C16H19N5O2S/c1-4-5-10(2)21-9-20-12-11-14(17-6-7-23-3)18-8-19-15(11)24-13(12)16(21)22/h5,8-9H,4,6-7H2,1-3H3,(H,17,18,19)/b10-5+. The van der Waals surface area contributed by atoms with E-state index in [0.717, 1.165) is 22.3 Å². The second-order valence-corrected chi connectivity index (χ2v) is 6.27. The minimum Gasteiger partial charge on any atom is -0.383 e. The number of thiophene rings is 1. The Hall–Kier alpha value is -2.32. The summed E-state index contributed by atoms with van der Waals surface area (Å²) in [6.07, 6.45) is 5.93. The molecule has 0 spiro atoms. The minimum absolute atomic E-state index is 0.0759. The molecule has 0 atom stereocenters. The fraction of sp³-hybridized carbons (Fsp3) is 0.375. The van der Waals surface area contributed by atoms with E-state index in [1.54, 1.807) is 18.0 Å². The number of fused-ring (bicyclic) bond motifs is 3. The number of anilines is 1. The molecule has 0 aliphatic heterocycles. The van der Waals surface area contributed by atoms with Crippen LogP contribution in [0.4, 0.5) is 5.82 Å². The highest BCUT2D eigenvalue weighted by molar-refractivity contribution is 7.25. The van der Waals surface area contributed by atoms with Gasteiger partial charge >= 0.3 is 0 Å². The monoisotopic (exact) mass is 345 g/mol. The first kappa shape index (κ1) is 16.5. The van der Waals surface area contributed by atoms with Crippen molar-refractivity contribution in [3.8, 4) is 0 Å². The number of rotatable bonds is 6. The smallest absolute Gasteiger partial charge is 0.275 e. The Balaban J connectivity index is 2.18. The summed E-state index contributed by atoms with van der Waals surface area (Å²) < 4.78 is 7.22. The molecule has 3 heterocycles. The molecule has 3 aromatic rings. The van der Waals surface area contributed by atoms with Crippen molar-refractivity contribution in [2.24, 2.45) is 0 Å². The maximum atomic E-state index is 12.8. The number of ether oxygens (including phenoxy) is 1. The normalized spacial score (nSPS) is 12.2. The van der Waals surface area contributed by atoms with Crippen LogP contribution in [-0.2, 0) is 4.74 Å². The van der Waals surface area contributed by atoms with Gasteiger partial charge in [-0.2, -0.15) is 0 Å². The van der Waals surface area contributed by atoms with Gasteiger partial charge in [0.2, 0.25) is 0 Å². The second-order valence-electron chi connectivity index (χ2n) is 5.28. The van der Waals surface area contributed by atoms with Gasteiger partial charge in [0.15, 0.2) is 0 Å². The molecule has 0 fully saturated rings. The van der Waals surface area contributed by atoms with Gasteiger partial charge in [0.1, 0.15) is 33.5 Å². The SMILES string of the molecule is CC/C=C(\C)n1cnc2c(sc3ncnc(NCCOC)c32)c1=O. The highest BCUT2D eigenvalue weighted by atomic mass is 32.1. The molecule has 0 saturated heterocycles. The Labute approximate surface area is 143 Å². The molecule has 1 N–H and O–H groups in total. The van der Waals surface area contributed by atoms with Crippen LogP contribution in [0.2, 0.25) is 0 Å². The van der Waals surface area contributed by atoms with Crippen LogP contribution in [0.3, 0.4) is 0 Å². The van der Waals surface area contributed by atoms with Crippen LogP contribution in [0.15, 0.2) is 23.5 Å². The number of nitrogens with one attached hydrogen (secondary N) is 1. The lowest BCUT2D eigenvalue weighted by Crippen LogP contribution is -2.17. The summed E-state index contributed by atoms with van der Waals surface area (Å²) in [7, 11) is 1.65. The van der Waals surface area contributed by atoms with E-state index >= 15 is 0 Å².